The summed E-state index contributed by atoms with van der Waals surface area (Å²) in [5, 5.41) is 2.56. The lowest BCUT2D eigenvalue weighted by Crippen LogP contribution is -2.39. The predicted molar refractivity (Wildman–Crippen MR) is 63.2 cm³/mol. The Balaban J connectivity index is 2.11. The fourth-order valence-electron chi connectivity index (χ4n) is 2.23. The molecule has 6 heteroatoms. The van der Waals surface area contributed by atoms with Crippen molar-refractivity contribution in [3.05, 3.63) is 0 Å². The van der Waals surface area contributed by atoms with Gasteiger partial charge in [-0.15, -0.1) is 0 Å². The summed E-state index contributed by atoms with van der Waals surface area (Å²) in [6.45, 7) is 1.53. The summed E-state index contributed by atoms with van der Waals surface area (Å²) in [6, 6.07) is 0.446. The zero-order valence-corrected chi connectivity index (χ0v) is 10.7. The van der Waals surface area contributed by atoms with Crippen LogP contribution in [0.3, 0.4) is 0 Å². The largest absolute Gasteiger partial charge is 0.389 e. The Morgan fingerprint density at radius 1 is 1.39 bits per heavy atom. The van der Waals surface area contributed by atoms with Gasteiger partial charge in [0.25, 0.3) is 0 Å². The molecule has 18 heavy (non-hydrogen) atoms. The van der Waals surface area contributed by atoms with Crippen LogP contribution in [0.15, 0.2) is 0 Å². The number of hydrogen-bond donors (Lipinski definition) is 1. The monoisotopic (exact) mass is 266 g/mol. The normalized spacial score (nSPS) is 21.9. The zero-order chi connectivity index (χ0) is 13.6. The van der Waals surface area contributed by atoms with E-state index in [2.05, 4.69) is 17.3 Å². The molecule has 1 saturated heterocycles. The van der Waals surface area contributed by atoms with Gasteiger partial charge in [0.1, 0.15) is 0 Å². The lowest BCUT2D eigenvalue weighted by Gasteiger charge is -2.32. The summed E-state index contributed by atoms with van der Waals surface area (Å²) in [7, 11) is 2.05. The smallest absolute Gasteiger partial charge is 0.356 e. The minimum atomic E-state index is -4.25. The van der Waals surface area contributed by atoms with Gasteiger partial charge in [-0.25, -0.2) is 0 Å². The highest BCUT2D eigenvalue weighted by Crippen LogP contribution is 2.21. The van der Waals surface area contributed by atoms with E-state index in [-0.39, 0.29) is 0 Å². The second kappa shape index (κ2) is 6.97. The molecule has 1 amide bonds. The van der Waals surface area contributed by atoms with Crippen LogP contribution in [0.2, 0.25) is 0 Å². The first-order valence-corrected chi connectivity index (χ1v) is 6.42. The molecule has 1 aliphatic heterocycles. The van der Waals surface area contributed by atoms with E-state index in [4.69, 9.17) is 0 Å². The highest BCUT2D eigenvalue weighted by Gasteiger charge is 2.27. The van der Waals surface area contributed by atoms with Crippen LogP contribution < -0.4 is 5.32 Å². The molecule has 0 aromatic rings. The molecule has 0 aromatic carbocycles. The molecule has 1 aliphatic rings. The van der Waals surface area contributed by atoms with Gasteiger partial charge in [0, 0.05) is 19.0 Å². The van der Waals surface area contributed by atoms with Gasteiger partial charge in [-0.05, 0) is 32.9 Å². The lowest BCUT2D eigenvalue weighted by atomic mass is 10.0. The lowest BCUT2D eigenvalue weighted by molar-refractivity contribution is -0.144. The van der Waals surface area contributed by atoms with E-state index in [1.807, 2.05) is 0 Å². The molecule has 0 aliphatic carbocycles. The van der Waals surface area contributed by atoms with Gasteiger partial charge in [-0.2, -0.15) is 13.2 Å². The zero-order valence-electron chi connectivity index (χ0n) is 10.7. The van der Waals surface area contributed by atoms with Crippen LogP contribution in [0.1, 0.15) is 38.5 Å². The molecular formula is C12H21F3N2O. The van der Waals surface area contributed by atoms with Crippen molar-refractivity contribution in [2.45, 2.75) is 50.7 Å². The van der Waals surface area contributed by atoms with Crippen LogP contribution in [0.25, 0.3) is 0 Å². The number of piperidine rings is 1. The van der Waals surface area contributed by atoms with Crippen LogP contribution in [-0.2, 0) is 4.79 Å². The average Bonchev–Trinajstić information content (AvgIpc) is 2.28. The van der Waals surface area contributed by atoms with Crippen LogP contribution in [0.5, 0.6) is 0 Å². The topological polar surface area (TPSA) is 32.3 Å². The van der Waals surface area contributed by atoms with Crippen LogP contribution in [0.4, 0.5) is 13.2 Å². The molecule has 1 unspecified atom stereocenters. The average molecular weight is 266 g/mol. The number of carbonyl (C=O) groups excluding carboxylic acids is 1. The SMILES string of the molecule is CN1CCCCC1CCNC(=O)CCC(F)(F)F. The highest BCUT2D eigenvalue weighted by atomic mass is 19.4. The molecular weight excluding hydrogens is 245 g/mol. The molecule has 1 fully saturated rings. The van der Waals surface area contributed by atoms with Gasteiger partial charge in [0.05, 0.1) is 6.42 Å². The number of amides is 1. The molecule has 0 bridgehead atoms. The van der Waals surface area contributed by atoms with E-state index >= 15 is 0 Å². The van der Waals surface area contributed by atoms with Crippen molar-refractivity contribution in [1.29, 1.82) is 0 Å². The Morgan fingerprint density at radius 2 is 2.11 bits per heavy atom. The van der Waals surface area contributed by atoms with E-state index in [9.17, 15) is 18.0 Å². The molecule has 0 radical (unpaired) electrons. The number of likely N-dealkylation sites (tertiary alicyclic amines) is 1. The minimum absolute atomic E-state index is 0.446. The fraction of sp³-hybridized carbons (Fsp3) is 0.917. The number of hydrogen-bond acceptors (Lipinski definition) is 2. The molecule has 0 spiro atoms. The fourth-order valence-corrected chi connectivity index (χ4v) is 2.23. The van der Waals surface area contributed by atoms with E-state index in [0.29, 0.717) is 12.6 Å². The third-order valence-electron chi connectivity index (χ3n) is 3.36. The van der Waals surface area contributed by atoms with Crippen molar-refractivity contribution in [1.82, 2.24) is 10.2 Å². The number of carbonyl (C=O) groups is 1. The van der Waals surface area contributed by atoms with Crippen molar-refractivity contribution in [3.8, 4) is 0 Å². The van der Waals surface area contributed by atoms with Gasteiger partial charge < -0.3 is 10.2 Å². The second-order valence-corrected chi connectivity index (χ2v) is 4.88. The van der Waals surface area contributed by atoms with Gasteiger partial charge in [-0.3, -0.25) is 4.79 Å². The molecule has 0 saturated carbocycles. The van der Waals surface area contributed by atoms with Crippen molar-refractivity contribution >= 4 is 5.91 Å². The van der Waals surface area contributed by atoms with Crippen molar-refractivity contribution in [2.75, 3.05) is 20.1 Å². The Kier molecular flexibility index (Phi) is 5.91. The number of halogens is 3. The van der Waals surface area contributed by atoms with E-state index < -0.39 is 24.9 Å². The Hall–Kier alpha value is -0.780. The summed E-state index contributed by atoms with van der Waals surface area (Å²) >= 11 is 0. The maximum atomic E-state index is 11.9. The summed E-state index contributed by atoms with van der Waals surface area (Å²) < 4.78 is 35.7. The summed E-state index contributed by atoms with van der Waals surface area (Å²) in [5.74, 6) is -0.509. The maximum Gasteiger partial charge on any atom is 0.389 e. The van der Waals surface area contributed by atoms with E-state index in [1.165, 1.54) is 12.8 Å². The molecule has 1 atom stereocenters. The van der Waals surface area contributed by atoms with Crippen molar-refractivity contribution in [3.63, 3.8) is 0 Å². The van der Waals surface area contributed by atoms with Crippen LogP contribution >= 0.6 is 0 Å². The number of rotatable bonds is 5. The Labute approximate surface area is 106 Å². The Morgan fingerprint density at radius 3 is 2.72 bits per heavy atom. The molecule has 1 rings (SSSR count). The summed E-state index contributed by atoms with van der Waals surface area (Å²) in [5.41, 5.74) is 0. The van der Waals surface area contributed by atoms with Crippen LogP contribution in [0, 0.1) is 0 Å². The standard InChI is InChI=1S/C12H21F3N2O/c1-17-9-3-2-4-10(17)6-8-16-11(18)5-7-12(13,14)15/h10H,2-9H2,1H3,(H,16,18). The Bertz CT molecular complexity index is 269. The quantitative estimate of drug-likeness (QED) is 0.828. The van der Waals surface area contributed by atoms with E-state index in [0.717, 1.165) is 19.4 Å². The summed E-state index contributed by atoms with van der Waals surface area (Å²) in [4.78, 5) is 13.4. The third-order valence-corrected chi connectivity index (χ3v) is 3.36. The van der Waals surface area contributed by atoms with Crippen molar-refractivity contribution in [2.24, 2.45) is 0 Å². The highest BCUT2D eigenvalue weighted by molar-refractivity contribution is 5.75. The molecule has 0 aromatic heterocycles. The molecule has 106 valence electrons. The summed E-state index contributed by atoms with van der Waals surface area (Å²) in [6.07, 6.45) is -1.45. The predicted octanol–water partition coefficient (Wildman–Crippen LogP) is 2.32. The maximum absolute atomic E-state index is 11.9. The number of alkyl halides is 3. The molecule has 1 heterocycles. The number of nitrogens with one attached hydrogen (secondary N) is 1. The number of nitrogens with zero attached hydrogens (tertiary/aromatic N) is 1. The second-order valence-electron chi connectivity index (χ2n) is 4.88. The minimum Gasteiger partial charge on any atom is -0.356 e. The molecule has 3 nitrogen and oxygen atoms in total. The first-order valence-electron chi connectivity index (χ1n) is 6.42. The van der Waals surface area contributed by atoms with Crippen LogP contribution in [-0.4, -0.2) is 43.2 Å². The first-order chi connectivity index (χ1) is 8.38. The van der Waals surface area contributed by atoms with Gasteiger partial charge >= 0.3 is 6.18 Å². The van der Waals surface area contributed by atoms with Gasteiger partial charge in [0.2, 0.25) is 5.91 Å². The molecule has 1 N–H and O–H groups in total. The van der Waals surface area contributed by atoms with Crippen molar-refractivity contribution < 1.29 is 18.0 Å². The van der Waals surface area contributed by atoms with Gasteiger partial charge in [-0.1, -0.05) is 6.42 Å². The first kappa shape index (κ1) is 15.3. The van der Waals surface area contributed by atoms with Gasteiger partial charge in [0.15, 0.2) is 0 Å². The third kappa shape index (κ3) is 6.23. The van der Waals surface area contributed by atoms with E-state index in [1.54, 1.807) is 0 Å².